The van der Waals surface area contributed by atoms with Gasteiger partial charge in [0.1, 0.15) is 12.2 Å². The summed E-state index contributed by atoms with van der Waals surface area (Å²) in [6.45, 7) is 0. The van der Waals surface area contributed by atoms with Gasteiger partial charge >= 0.3 is 5.97 Å². The summed E-state index contributed by atoms with van der Waals surface area (Å²) in [5, 5.41) is 8.46. The summed E-state index contributed by atoms with van der Waals surface area (Å²) < 4.78 is 0. The van der Waals surface area contributed by atoms with Crippen LogP contribution in [0, 0.1) is 0 Å². The normalized spacial score (nSPS) is 9.93. The smallest absolute Gasteiger partial charge is 0.310 e. The van der Waals surface area contributed by atoms with Crippen molar-refractivity contribution in [2.24, 2.45) is 0 Å². The third kappa shape index (κ3) is 3.75. The maximum atomic E-state index is 11.3. The lowest BCUT2D eigenvalue weighted by Gasteiger charge is -2.04. The van der Waals surface area contributed by atoms with E-state index in [1.54, 1.807) is 11.8 Å². The zero-order valence-corrected chi connectivity index (χ0v) is 9.21. The fourth-order valence-corrected chi connectivity index (χ4v) is 1.91. The highest BCUT2D eigenvalue weighted by atomic mass is 32.2. The first-order valence-corrected chi connectivity index (χ1v) is 5.71. The molecule has 0 atom stereocenters. The Morgan fingerprint density at radius 3 is 2.60 bits per heavy atom. The SMILES string of the molecule is CSc1ccccc1CC(=O)CC(=O)O. The van der Waals surface area contributed by atoms with E-state index < -0.39 is 12.4 Å². The first kappa shape index (κ1) is 11.8. The van der Waals surface area contributed by atoms with E-state index in [2.05, 4.69) is 0 Å². The van der Waals surface area contributed by atoms with Gasteiger partial charge in [0, 0.05) is 11.3 Å². The Morgan fingerprint density at radius 2 is 2.00 bits per heavy atom. The third-order valence-corrected chi connectivity index (χ3v) is 2.77. The molecule has 0 radical (unpaired) electrons. The van der Waals surface area contributed by atoms with Crippen molar-refractivity contribution in [3.05, 3.63) is 29.8 Å². The van der Waals surface area contributed by atoms with Crippen LogP contribution in [0.5, 0.6) is 0 Å². The van der Waals surface area contributed by atoms with E-state index in [4.69, 9.17) is 5.11 Å². The first-order valence-electron chi connectivity index (χ1n) is 4.49. The van der Waals surface area contributed by atoms with Crippen LogP contribution in [-0.2, 0) is 16.0 Å². The summed E-state index contributed by atoms with van der Waals surface area (Å²) in [6.07, 6.45) is 1.73. The second-order valence-corrected chi connectivity index (χ2v) is 3.95. The molecule has 0 aliphatic carbocycles. The molecule has 3 nitrogen and oxygen atoms in total. The van der Waals surface area contributed by atoms with Gasteiger partial charge < -0.3 is 5.11 Å². The number of rotatable bonds is 5. The molecule has 1 aromatic rings. The molecule has 0 aliphatic rings. The highest BCUT2D eigenvalue weighted by Crippen LogP contribution is 2.20. The van der Waals surface area contributed by atoms with Crippen LogP contribution in [0.15, 0.2) is 29.2 Å². The van der Waals surface area contributed by atoms with E-state index in [9.17, 15) is 9.59 Å². The maximum Gasteiger partial charge on any atom is 0.310 e. The van der Waals surface area contributed by atoms with Crippen LogP contribution in [0.4, 0.5) is 0 Å². The molecular formula is C11H12O3S. The van der Waals surface area contributed by atoms with Crippen LogP contribution < -0.4 is 0 Å². The van der Waals surface area contributed by atoms with Gasteiger partial charge in [-0.25, -0.2) is 0 Å². The van der Waals surface area contributed by atoms with Crippen molar-refractivity contribution in [3.8, 4) is 0 Å². The highest BCUT2D eigenvalue weighted by Gasteiger charge is 2.10. The Labute approximate surface area is 92.5 Å². The molecule has 1 N–H and O–H groups in total. The van der Waals surface area contributed by atoms with Crippen molar-refractivity contribution in [2.45, 2.75) is 17.7 Å². The number of aliphatic carboxylic acids is 1. The van der Waals surface area contributed by atoms with Crippen molar-refractivity contribution in [1.29, 1.82) is 0 Å². The first-order chi connectivity index (χ1) is 7.13. The topological polar surface area (TPSA) is 54.4 Å². The van der Waals surface area contributed by atoms with Crippen LogP contribution in [0.2, 0.25) is 0 Å². The van der Waals surface area contributed by atoms with Gasteiger partial charge in [-0.1, -0.05) is 18.2 Å². The molecule has 0 bridgehead atoms. The molecule has 0 unspecified atom stereocenters. The second-order valence-electron chi connectivity index (χ2n) is 3.10. The lowest BCUT2D eigenvalue weighted by atomic mass is 10.1. The quantitative estimate of drug-likeness (QED) is 0.614. The van der Waals surface area contributed by atoms with Crippen LogP contribution >= 0.6 is 11.8 Å². The lowest BCUT2D eigenvalue weighted by molar-refractivity contribution is -0.140. The van der Waals surface area contributed by atoms with Gasteiger partial charge in [-0.05, 0) is 17.9 Å². The molecule has 0 saturated heterocycles. The molecule has 0 aromatic heterocycles. The minimum Gasteiger partial charge on any atom is -0.481 e. The number of ketones is 1. The standard InChI is InChI=1S/C11H12O3S/c1-15-10-5-3-2-4-8(10)6-9(12)7-11(13)14/h2-5H,6-7H2,1H3,(H,13,14). The molecule has 4 heteroatoms. The van der Waals surface area contributed by atoms with E-state index in [-0.39, 0.29) is 12.2 Å². The molecule has 15 heavy (non-hydrogen) atoms. The number of carbonyl (C=O) groups excluding carboxylic acids is 1. The van der Waals surface area contributed by atoms with Crippen molar-refractivity contribution in [3.63, 3.8) is 0 Å². The van der Waals surface area contributed by atoms with E-state index >= 15 is 0 Å². The van der Waals surface area contributed by atoms with Gasteiger partial charge in [0.05, 0.1) is 0 Å². The highest BCUT2D eigenvalue weighted by molar-refractivity contribution is 7.98. The maximum absolute atomic E-state index is 11.3. The zero-order valence-electron chi connectivity index (χ0n) is 8.40. The Kier molecular flexibility index (Phi) is 4.37. The summed E-state index contributed by atoms with van der Waals surface area (Å²) in [5.74, 6) is -1.33. The molecule has 0 fully saturated rings. The summed E-state index contributed by atoms with van der Waals surface area (Å²) in [5.41, 5.74) is 0.899. The molecule has 0 heterocycles. The van der Waals surface area contributed by atoms with Crippen molar-refractivity contribution in [2.75, 3.05) is 6.26 Å². The average molecular weight is 224 g/mol. The molecule has 0 spiro atoms. The van der Waals surface area contributed by atoms with Crippen LogP contribution in [0.3, 0.4) is 0 Å². The van der Waals surface area contributed by atoms with Crippen molar-refractivity contribution < 1.29 is 14.7 Å². The Bertz CT molecular complexity index is 374. The number of benzene rings is 1. The number of carbonyl (C=O) groups is 2. The summed E-state index contributed by atoms with van der Waals surface area (Å²) >= 11 is 1.56. The van der Waals surface area contributed by atoms with Gasteiger partial charge in [-0.3, -0.25) is 9.59 Å². The average Bonchev–Trinajstić information content (AvgIpc) is 2.17. The number of Topliss-reactive ketones (excluding diaryl/α,β-unsaturated/α-hetero) is 1. The number of carboxylic acid groups (broad SMARTS) is 1. The molecule has 1 aromatic carbocycles. The number of thioether (sulfide) groups is 1. The third-order valence-electron chi connectivity index (χ3n) is 1.93. The fraction of sp³-hybridized carbons (Fsp3) is 0.273. The van der Waals surface area contributed by atoms with E-state index in [1.165, 1.54) is 0 Å². The summed E-state index contributed by atoms with van der Waals surface area (Å²) in [6, 6.07) is 7.53. The lowest BCUT2D eigenvalue weighted by Crippen LogP contribution is -2.09. The van der Waals surface area contributed by atoms with E-state index in [0.29, 0.717) is 0 Å². The predicted molar refractivity (Wildman–Crippen MR) is 59.2 cm³/mol. The van der Waals surface area contributed by atoms with Crippen molar-refractivity contribution >= 4 is 23.5 Å². The van der Waals surface area contributed by atoms with Gasteiger partial charge in [-0.15, -0.1) is 11.8 Å². The molecule has 80 valence electrons. The Morgan fingerprint density at radius 1 is 1.33 bits per heavy atom. The predicted octanol–water partition coefficient (Wildman–Crippen LogP) is 1.99. The number of hydrogen-bond acceptors (Lipinski definition) is 3. The molecule has 0 amide bonds. The van der Waals surface area contributed by atoms with Crippen molar-refractivity contribution in [1.82, 2.24) is 0 Å². The fourth-order valence-electron chi connectivity index (χ4n) is 1.29. The largest absolute Gasteiger partial charge is 0.481 e. The Balaban J connectivity index is 2.71. The summed E-state index contributed by atoms with van der Waals surface area (Å²) in [7, 11) is 0. The number of hydrogen-bond donors (Lipinski definition) is 1. The van der Waals surface area contributed by atoms with Crippen LogP contribution in [-0.4, -0.2) is 23.1 Å². The van der Waals surface area contributed by atoms with Gasteiger partial charge in [0.25, 0.3) is 0 Å². The Hall–Kier alpha value is -1.29. The minimum atomic E-state index is -1.07. The van der Waals surface area contributed by atoms with E-state index in [1.807, 2.05) is 30.5 Å². The molecule has 1 rings (SSSR count). The van der Waals surface area contributed by atoms with Crippen LogP contribution in [0.1, 0.15) is 12.0 Å². The molecule has 0 saturated carbocycles. The minimum absolute atomic E-state index is 0.198. The van der Waals surface area contributed by atoms with Gasteiger partial charge in [-0.2, -0.15) is 0 Å². The number of carboxylic acids is 1. The second kappa shape index (κ2) is 5.56. The van der Waals surface area contributed by atoms with Gasteiger partial charge in [0.15, 0.2) is 0 Å². The van der Waals surface area contributed by atoms with Gasteiger partial charge in [0.2, 0.25) is 0 Å². The van der Waals surface area contributed by atoms with E-state index in [0.717, 1.165) is 10.5 Å². The zero-order chi connectivity index (χ0) is 11.3. The molecule has 0 aliphatic heterocycles. The monoisotopic (exact) mass is 224 g/mol. The van der Waals surface area contributed by atoms with Crippen LogP contribution in [0.25, 0.3) is 0 Å². The summed E-state index contributed by atoms with van der Waals surface area (Å²) in [4.78, 5) is 22.7. The molecular weight excluding hydrogens is 212 g/mol.